The number of nitrogens with one attached hydrogen (secondary N) is 1. The Morgan fingerprint density at radius 1 is 1.08 bits per heavy atom. The second-order valence-corrected chi connectivity index (χ2v) is 5.38. The molecule has 0 saturated carbocycles. The molecule has 0 aliphatic rings. The first-order valence-corrected chi connectivity index (χ1v) is 7.69. The molecule has 0 unspecified atom stereocenters. The first-order chi connectivity index (χ1) is 12.1. The molecule has 0 fully saturated rings. The summed E-state index contributed by atoms with van der Waals surface area (Å²) in [5.74, 6) is -0.522. The summed E-state index contributed by atoms with van der Waals surface area (Å²) < 4.78 is 19.0. The van der Waals surface area contributed by atoms with Gasteiger partial charge in [-0.1, -0.05) is 36.4 Å². The number of hydrogen-bond acceptors (Lipinski definition) is 4. The minimum atomic E-state index is -0.462. The lowest BCUT2D eigenvalue weighted by atomic mass is 10.2. The molecule has 126 valence electrons. The van der Waals surface area contributed by atoms with Crippen LogP contribution in [0.5, 0.6) is 5.88 Å². The Balaban J connectivity index is 1.63. The van der Waals surface area contributed by atoms with E-state index in [2.05, 4.69) is 15.3 Å². The number of amides is 1. The fraction of sp³-hybridized carbons (Fsp3) is 0.105. The maximum Gasteiger partial charge on any atom is 0.275 e. The number of halogens is 1. The molecule has 5 nitrogen and oxygen atoms in total. The van der Waals surface area contributed by atoms with Gasteiger partial charge in [0.1, 0.15) is 18.1 Å². The summed E-state index contributed by atoms with van der Waals surface area (Å²) >= 11 is 0. The Labute approximate surface area is 144 Å². The number of benzene rings is 2. The lowest BCUT2D eigenvalue weighted by Crippen LogP contribution is -2.15. The first kappa shape index (κ1) is 16.6. The van der Waals surface area contributed by atoms with Crippen molar-refractivity contribution in [2.24, 2.45) is 0 Å². The molecule has 0 spiro atoms. The molecule has 1 heterocycles. The number of ether oxygens (including phenoxy) is 1. The standard InChI is InChI=1S/C19H16FN3O2/c1-13-15(20)8-5-9-16(13)23-19(24)17-10-22-18(11-21-17)25-12-14-6-3-2-4-7-14/h2-11H,12H2,1H3,(H,23,24). The molecule has 1 amide bonds. The molecule has 0 atom stereocenters. The van der Waals surface area contributed by atoms with E-state index < -0.39 is 5.91 Å². The maximum absolute atomic E-state index is 13.5. The van der Waals surface area contributed by atoms with E-state index in [4.69, 9.17) is 4.74 Å². The van der Waals surface area contributed by atoms with E-state index in [1.165, 1.54) is 24.5 Å². The van der Waals surface area contributed by atoms with Crippen LogP contribution in [0.3, 0.4) is 0 Å². The summed E-state index contributed by atoms with van der Waals surface area (Å²) in [6.45, 7) is 1.96. The molecule has 1 N–H and O–H groups in total. The number of hydrogen-bond donors (Lipinski definition) is 1. The van der Waals surface area contributed by atoms with Crippen molar-refractivity contribution in [1.29, 1.82) is 0 Å². The highest BCUT2D eigenvalue weighted by Crippen LogP contribution is 2.18. The van der Waals surface area contributed by atoms with Crippen LogP contribution < -0.4 is 10.1 Å². The van der Waals surface area contributed by atoms with E-state index in [9.17, 15) is 9.18 Å². The number of carbonyl (C=O) groups excluding carboxylic acids is 1. The van der Waals surface area contributed by atoms with Crippen LogP contribution in [0.1, 0.15) is 21.6 Å². The smallest absolute Gasteiger partial charge is 0.275 e. The van der Waals surface area contributed by atoms with E-state index in [1.807, 2.05) is 30.3 Å². The highest BCUT2D eigenvalue weighted by atomic mass is 19.1. The van der Waals surface area contributed by atoms with Gasteiger partial charge < -0.3 is 10.1 Å². The van der Waals surface area contributed by atoms with Gasteiger partial charge in [-0.25, -0.2) is 14.4 Å². The van der Waals surface area contributed by atoms with Crippen molar-refractivity contribution in [3.05, 3.63) is 83.6 Å². The van der Waals surface area contributed by atoms with Crippen LogP contribution >= 0.6 is 0 Å². The number of nitrogens with zero attached hydrogens (tertiary/aromatic N) is 2. The molecule has 0 saturated heterocycles. The van der Waals surface area contributed by atoms with Crippen LogP contribution in [0.25, 0.3) is 0 Å². The van der Waals surface area contributed by atoms with Gasteiger partial charge in [-0.2, -0.15) is 0 Å². The van der Waals surface area contributed by atoms with Gasteiger partial charge in [-0.05, 0) is 24.6 Å². The molecule has 3 aromatic rings. The molecule has 0 aliphatic carbocycles. The van der Waals surface area contributed by atoms with Crippen LogP contribution in [0.4, 0.5) is 10.1 Å². The molecular formula is C19H16FN3O2. The second kappa shape index (κ2) is 7.53. The number of anilines is 1. The van der Waals surface area contributed by atoms with Gasteiger partial charge in [0.25, 0.3) is 5.91 Å². The zero-order valence-electron chi connectivity index (χ0n) is 13.6. The van der Waals surface area contributed by atoms with E-state index in [-0.39, 0.29) is 11.5 Å². The van der Waals surface area contributed by atoms with Crippen molar-refractivity contribution >= 4 is 11.6 Å². The summed E-state index contributed by atoms with van der Waals surface area (Å²) in [5, 5.41) is 2.62. The van der Waals surface area contributed by atoms with Gasteiger partial charge in [0, 0.05) is 11.3 Å². The maximum atomic E-state index is 13.5. The Morgan fingerprint density at radius 3 is 2.60 bits per heavy atom. The van der Waals surface area contributed by atoms with E-state index >= 15 is 0 Å². The monoisotopic (exact) mass is 337 g/mol. The average molecular weight is 337 g/mol. The van der Waals surface area contributed by atoms with Gasteiger partial charge in [-0.15, -0.1) is 0 Å². The Bertz CT molecular complexity index is 868. The van der Waals surface area contributed by atoms with Gasteiger partial charge in [-0.3, -0.25) is 4.79 Å². The fourth-order valence-electron chi connectivity index (χ4n) is 2.17. The number of rotatable bonds is 5. The van der Waals surface area contributed by atoms with Crippen LogP contribution in [0, 0.1) is 12.7 Å². The van der Waals surface area contributed by atoms with E-state index in [0.29, 0.717) is 23.7 Å². The normalized spacial score (nSPS) is 10.3. The highest BCUT2D eigenvalue weighted by molar-refractivity contribution is 6.03. The van der Waals surface area contributed by atoms with Crippen molar-refractivity contribution in [3.63, 3.8) is 0 Å². The zero-order valence-corrected chi connectivity index (χ0v) is 13.6. The topological polar surface area (TPSA) is 64.1 Å². The third kappa shape index (κ3) is 4.17. The van der Waals surface area contributed by atoms with Gasteiger partial charge in [0.2, 0.25) is 5.88 Å². The minimum Gasteiger partial charge on any atom is -0.472 e. The molecule has 0 aliphatic heterocycles. The van der Waals surface area contributed by atoms with Crippen LogP contribution in [0.2, 0.25) is 0 Å². The molecule has 6 heteroatoms. The van der Waals surface area contributed by atoms with Crippen LogP contribution in [-0.2, 0) is 6.61 Å². The van der Waals surface area contributed by atoms with Crippen LogP contribution in [-0.4, -0.2) is 15.9 Å². The molecular weight excluding hydrogens is 321 g/mol. The lowest BCUT2D eigenvalue weighted by Gasteiger charge is -2.09. The Morgan fingerprint density at radius 2 is 1.88 bits per heavy atom. The Kier molecular flexibility index (Phi) is 4.99. The van der Waals surface area contributed by atoms with Crippen molar-refractivity contribution in [1.82, 2.24) is 9.97 Å². The largest absolute Gasteiger partial charge is 0.472 e. The van der Waals surface area contributed by atoms with Crippen LogP contribution in [0.15, 0.2) is 60.9 Å². The summed E-state index contributed by atoms with van der Waals surface area (Å²) in [6, 6.07) is 14.2. The minimum absolute atomic E-state index is 0.121. The van der Waals surface area contributed by atoms with Crippen molar-refractivity contribution in [3.8, 4) is 5.88 Å². The van der Waals surface area contributed by atoms with E-state index in [0.717, 1.165) is 5.56 Å². The third-order valence-electron chi connectivity index (χ3n) is 3.61. The Hall–Kier alpha value is -3.28. The SMILES string of the molecule is Cc1c(F)cccc1NC(=O)c1cnc(OCc2ccccc2)cn1. The third-order valence-corrected chi connectivity index (χ3v) is 3.61. The van der Waals surface area contributed by atoms with Crippen molar-refractivity contribution in [2.45, 2.75) is 13.5 Å². The molecule has 2 aromatic carbocycles. The quantitative estimate of drug-likeness (QED) is 0.770. The highest BCUT2D eigenvalue weighted by Gasteiger charge is 2.11. The average Bonchev–Trinajstić information content (AvgIpc) is 2.65. The van der Waals surface area contributed by atoms with Crippen molar-refractivity contribution in [2.75, 3.05) is 5.32 Å². The first-order valence-electron chi connectivity index (χ1n) is 7.69. The van der Waals surface area contributed by atoms with Gasteiger partial charge in [0.15, 0.2) is 0 Å². The lowest BCUT2D eigenvalue weighted by molar-refractivity contribution is 0.102. The number of carbonyl (C=O) groups is 1. The fourth-order valence-corrected chi connectivity index (χ4v) is 2.17. The van der Waals surface area contributed by atoms with Gasteiger partial charge >= 0.3 is 0 Å². The van der Waals surface area contributed by atoms with Gasteiger partial charge in [0.05, 0.1) is 12.4 Å². The molecule has 0 radical (unpaired) electrons. The van der Waals surface area contributed by atoms with Crippen molar-refractivity contribution < 1.29 is 13.9 Å². The molecule has 0 bridgehead atoms. The zero-order chi connectivity index (χ0) is 17.6. The molecule has 1 aromatic heterocycles. The summed E-state index contributed by atoms with van der Waals surface area (Å²) in [6.07, 6.45) is 2.71. The number of aromatic nitrogens is 2. The van der Waals surface area contributed by atoms with E-state index in [1.54, 1.807) is 13.0 Å². The predicted octanol–water partition coefficient (Wildman–Crippen LogP) is 3.76. The molecule has 25 heavy (non-hydrogen) atoms. The molecule has 3 rings (SSSR count). The predicted molar refractivity (Wildman–Crippen MR) is 91.9 cm³/mol. The summed E-state index contributed by atoms with van der Waals surface area (Å²) in [7, 11) is 0. The second-order valence-electron chi connectivity index (χ2n) is 5.38. The summed E-state index contributed by atoms with van der Waals surface area (Å²) in [5.41, 5.74) is 1.89. The summed E-state index contributed by atoms with van der Waals surface area (Å²) in [4.78, 5) is 20.3.